The van der Waals surface area contributed by atoms with Gasteiger partial charge >= 0.3 is 12.2 Å². The van der Waals surface area contributed by atoms with E-state index in [1.807, 2.05) is 28.8 Å². The van der Waals surface area contributed by atoms with Crippen LogP contribution < -0.4 is 15.4 Å². The van der Waals surface area contributed by atoms with Gasteiger partial charge in [-0.3, -0.25) is 14.2 Å². The minimum Gasteiger partial charge on any atom is -0.464 e. The summed E-state index contributed by atoms with van der Waals surface area (Å²) in [4.78, 5) is 73.0. The van der Waals surface area contributed by atoms with E-state index < -0.39 is 71.6 Å². The molecule has 6 aromatic rings. The van der Waals surface area contributed by atoms with Gasteiger partial charge in [-0.05, 0) is 115 Å². The summed E-state index contributed by atoms with van der Waals surface area (Å²) in [5, 5.41) is 5.53. The summed E-state index contributed by atoms with van der Waals surface area (Å²) in [6.07, 6.45) is 5.48. The van der Waals surface area contributed by atoms with Crippen LogP contribution in [0.3, 0.4) is 0 Å². The van der Waals surface area contributed by atoms with E-state index in [2.05, 4.69) is 52.2 Å². The fraction of sp³-hybridized carbons (Fsp3) is 0.440. The molecular formula is C50H54F3N9O7S. The van der Waals surface area contributed by atoms with Crippen molar-refractivity contribution in [3.8, 4) is 39.5 Å². The van der Waals surface area contributed by atoms with Crippen molar-refractivity contribution in [1.82, 2.24) is 44.9 Å². The van der Waals surface area contributed by atoms with E-state index in [0.717, 1.165) is 48.4 Å². The zero-order valence-corrected chi connectivity index (χ0v) is 40.3. The quantitative estimate of drug-likeness (QED) is 0.0926. The van der Waals surface area contributed by atoms with Gasteiger partial charge in [0.2, 0.25) is 18.0 Å². The lowest BCUT2D eigenvalue weighted by Gasteiger charge is -2.32. The van der Waals surface area contributed by atoms with Crippen molar-refractivity contribution in [2.45, 2.75) is 114 Å². The Kier molecular flexibility index (Phi) is 12.0. The van der Waals surface area contributed by atoms with E-state index in [1.54, 1.807) is 34.7 Å². The summed E-state index contributed by atoms with van der Waals surface area (Å²) in [6.45, 7) is 5.59. The van der Waals surface area contributed by atoms with Crippen LogP contribution in [0.15, 0.2) is 60.9 Å². The minimum atomic E-state index is -2.09. The average Bonchev–Trinajstić information content (AvgIpc) is 4.05. The summed E-state index contributed by atoms with van der Waals surface area (Å²) in [5.74, 6) is 0.109. The molecule has 0 radical (unpaired) electrons. The molecule has 368 valence electrons. The number of benzene rings is 2. The van der Waals surface area contributed by atoms with Gasteiger partial charge in [-0.2, -0.15) is 0 Å². The molecule has 2 saturated heterocycles. The van der Waals surface area contributed by atoms with Crippen LogP contribution in [0.2, 0.25) is 0 Å². The minimum absolute atomic E-state index is 0.285. The number of aromatic amines is 2. The summed E-state index contributed by atoms with van der Waals surface area (Å²) >= 11 is 1.69. The highest BCUT2D eigenvalue weighted by Crippen LogP contribution is 2.50. The molecule has 2 aromatic carbocycles. The number of fused-ring (bicyclic) bond motifs is 5. The van der Waals surface area contributed by atoms with E-state index in [4.69, 9.17) is 4.74 Å². The fourth-order valence-electron chi connectivity index (χ4n) is 10.0. The van der Waals surface area contributed by atoms with Gasteiger partial charge in [-0.1, -0.05) is 6.07 Å². The Labute approximate surface area is 405 Å². The third kappa shape index (κ3) is 8.63. The molecule has 0 bridgehead atoms. The molecule has 1 aliphatic carbocycles. The van der Waals surface area contributed by atoms with Crippen molar-refractivity contribution in [1.29, 1.82) is 0 Å². The topological polar surface area (TPSA) is 189 Å². The van der Waals surface area contributed by atoms with Gasteiger partial charge < -0.3 is 44.6 Å². The number of hydrogen-bond donors (Lipinski definition) is 4. The van der Waals surface area contributed by atoms with Crippen molar-refractivity contribution >= 4 is 46.2 Å². The van der Waals surface area contributed by atoms with Gasteiger partial charge in [-0.15, -0.1) is 11.3 Å². The van der Waals surface area contributed by atoms with Crippen LogP contribution in [0, 0.1) is 5.82 Å². The number of alkyl halides is 2. The molecule has 2 unspecified atom stereocenters. The number of hydrogen-bond acceptors (Lipinski definition) is 10. The standard InChI is InChI=1S/C50H54F3N9O7S/c1-49(2,52)40(58-47(65)67-5)44(63)60-17-7-9-33(60)42-54-23-30(56-42)26-13-14-32-28(19-26)21-35-39-29(51)20-27(22-36(39)69-46(62(32)35)38-16-15-37(70-38)25-11-12-25)31-24-55-43(57-31)34-10-8-18-61(34)45(64)41(50(3,4)53)59-48(66)68-6/h13-16,19-25,33-34,40-41,46H,7-12,17-18H2,1-6H3,(H,54,56)(H,55,57)(H,58,65)(H,59,66)/t33-,34-,40?,41+,46?/m0/s1. The molecule has 3 aliphatic heterocycles. The van der Waals surface area contributed by atoms with Crippen LogP contribution in [0.1, 0.15) is 112 Å². The Morgan fingerprint density at radius 1 is 0.757 bits per heavy atom. The number of nitrogens with one attached hydrogen (secondary N) is 4. The first-order chi connectivity index (χ1) is 33.4. The molecule has 3 fully saturated rings. The number of carbonyl (C=O) groups is 4. The second-order valence-corrected chi connectivity index (χ2v) is 20.6. The first-order valence-electron chi connectivity index (χ1n) is 23.4. The monoisotopic (exact) mass is 981 g/mol. The molecule has 70 heavy (non-hydrogen) atoms. The fourth-order valence-corrected chi connectivity index (χ4v) is 11.2. The van der Waals surface area contributed by atoms with Gasteiger partial charge in [0.15, 0.2) is 0 Å². The van der Waals surface area contributed by atoms with Crippen molar-refractivity contribution < 1.29 is 46.6 Å². The maximum Gasteiger partial charge on any atom is 0.407 e. The first kappa shape index (κ1) is 46.9. The number of aromatic nitrogens is 5. The number of likely N-dealkylation sites (tertiary alicyclic amines) is 2. The molecule has 20 heteroatoms. The normalized spacial score (nSPS) is 19.9. The molecule has 4 N–H and O–H groups in total. The van der Waals surface area contributed by atoms with Crippen molar-refractivity contribution in [2.24, 2.45) is 0 Å². The lowest BCUT2D eigenvalue weighted by Crippen LogP contribution is -2.56. The maximum atomic E-state index is 16.9. The number of methoxy groups -OCH3 is 2. The molecule has 16 nitrogen and oxygen atoms in total. The molecule has 4 aliphatic rings. The smallest absolute Gasteiger partial charge is 0.407 e. The van der Waals surface area contributed by atoms with Gasteiger partial charge in [-0.25, -0.2) is 32.7 Å². The van der Waals surface area contributed by atoms with Gasteiger partial charge in [0, 0.05) is 34.5 Å². The van der Waals surface area contributed by atoms with Crippen LogP contribution in [-0.2, 0) is 19.1 Å². The highest BCUT2D eigenvalue weighted by atomic mass is 32.1. The predicted molar refractivity (Wildman–Crippen MR) is 254 cm³/mol. The van der Waals surface area contributed by atoms with Crippen LogP contribution in [-0.4, -0.2) is 109 Å². The Morgan fingerprint density at radius 2 is 1.31 bits per heavy atom. The van der Waals surface area contributed by atoms with Gasteiger partial charge in [0.25, 0.3) is 0 Å². The lowest BCUT2D eigenvalue weighted by molar-refractivity contribution is -0.138. The van der Waals surface area contributed by atoms with E-state index in [9.17, 15) is 19.2 Å². The molecular weight excluding hydrogens is 928 g/mol. The summed E-state index contributed by atoms with van der Waals surface area (Å²) in [7, 11) is 2.30. The number of imidazole rings is 2. The summed E-state index contributed by atoms with van der Waals surface area (Å²) < 4.78 is 65.8. The van der Waals surface area contributed by atoms with Crippen LogP contribution in [0.4, 0.5) is 22.8 Å². The molecule has 0 spiro atoms. The Bertz CT molecular complexity index is 3020. The number of alkyl carbamates (subject to hydrolysis) is 2. The first-order valence-corrected chi connectivity index (χ1v) is 24.3. The third-order valence-corrected chi connectivity index (χ3v) is 15.0. The summed E-state index contributed by atoms with van der Waals surface area (Å²) in [5.41, 5.74) is -0.00725. The van der Waals surface area contributed by atoms with Crippen LogP contribution >= 0.6 is 11.3 Å². The van der Waals surface area contributed by atoms with Crippen molar-refractivity contribution in [2.75, 3.05) is 27.3 Å². The Balaban J connectivity index is 0.964. The summed E-state index contributed by atoms with van der Waals surface area (Å²) in [6, 6.07) is 11.3. The molecule has 4 amide bonds. The van der Waals surface area contributed by atoms with Crippen LogP contribution in [0.5, 0.6) is 5.75 Å². The largest absolute Gasteiger partial charge is 0.464 e. The Morgan fingerprint density at radius 3 is 1.86 bits per heavy atom. The maximum absolute atomic E-state index is 16.9. The molecule has 10 rings (SSSR count). The van der Waals surface area contributed by atoms with E-state index in [0.29, 0.717) is 84.7 Å². The number of carbonyl (C=O) groups excluding carboxylic acids is 4. The number of nitrogens with zero attached hydrogens (tertiary/aromatic N) is 5. The second kappa shape index (κ2) is 17.8. The number of ether oxygens (including phenoxy) is 3. The number of amides is 4. The van der Waals surface area contributed by atoms with Crippen molar-refractivity contribution in [3.63, 3.8) is 0 Å². The van der Waals surface area contributed by atoms with Gasteiger partial charge in [0.05, 0.1) is 71.7 Å². The average molecular weight is 982 g/mol. The van der Waals surface area contributed by atoms with E-state index >= 15 is 13.2 Å². The van der Waals surface area contributed by atoms with E-state index in [1.165, 1.54) is 43.5 Å². The molecule has 1 saturated carbocycles. The number of thiophene rings is 1. The number of H-pyrrole nitrogens is 2. The SMILES string of the molecule is COC(=O)NC(C(=O)N1CCC[C@H]1c1ncc(-c2ccc3c(c2)cc2n3C(c3ccc(C4CC4)s3)Oc3cc(-c4cnc([C@@H]5CCCN5C(=O)[C@@H](NC(=O)OC)C(C)(C)F)[nH]4)cc(F)c3-2)[nH]1)C(C)(C)F. The van der Waals surface area contributed by atoms with Crippen LogP contribution in [0.25, 0.3) is 44.7 Å². The molecule has 7 heterocycles. The molecule has 5 atom stereocenters. The highest BCUT2D eigenvalue weighted by molar-refractivity contribution is 7.12. The van der Waals surface area contributed by atoms with Gasteiger partial charge in [0.1, 0.15) is 46.6 Å². The number of rotatable bonds is 12. The Hall–Kier alpha value is -6.83. The third-order valence-electron chi connectivity index (χ3n) is 13.8. The number of halogens is 3. The zero-order valence-electron chi connectivity index (χ0n) is 39.5. The lowest BCUT2D eigenvalue weighted by atomic mass is 9.99. The molecule has 4 aromatic heterocycles. The predicted octanol–water partition coefficient (Wildman–Crippen LogP) is 9.38. The van der Waals surface area contributed by atoms with E-state index in [-0.39, 0.29) is 5.56 Å². The van der Waals surface area contributed by atoms with Crippen molar-refractivity contribution in [3.05, 3.63) is 88.1 Å². The zero-order chi connectivity index (χ0) is 49.4. The highest BCUT2D eigenvalue weighted by Gasteiger charge is 2.45. The second-order valence-electron chi connectivity index (χ2n) is 19.5.